The van der Waals surface area contributed by atoms with Crippen LogP contribution in [0.25, 0.3) is 11.6 Å². The fourth-order valence-corrected chi connectivity index (χ4v) is 1.62. The third kappa shape index (κ3) is 3.03. The van der Waals surface area contributed by atoms with E-state index in [0.717, 1.165) is 0 Å². The van der Waals surface area contributed by atoms with Crippen molar-refractivity contribution in [2.24, 2.45) is 0 Å². The van der Waals surface area contributed by atoms with E-state index in [4.69, 9.17) is 16.3 Å². The molecule has 19 heavy (non-hydrogen) atoms. The highest BCUT2D eigenvalue weighted by atomic mass is 35.5. The van der Waals surface area contributed by atoms with Gasteiger partial charge in [-0.05, 0) is 13.0 Å². The first-order chi connectivity index (χ1) is 9.26. The Hall–Kier alpha value is -2.08. The minimum atomic E-state index is -0.487. The minimum absolute atomic E-state index is 0.0799. The zero-order valence-corrected chi connectivity index (χ0v) is 11.0. The number of alkyl halides is 1. The molecule has 0 bridgehead atoms. The van der Waals surface area contributed by atoms with Gasteiger partial charge in [0.2, 0.25) is 0 Å². The van der Waals surface area contributed by atoms with Crippen LogP contribution in [0.15, 0.2) is 24.7 Å². The first-order valence-electron chi connectivity index (χ1n) is 5.62. The van der Waals surface area contributed by atoms with Gasteiger partial charge in [-0.3, -0.25) is 0 Å². The fraction of sp³-hybridized carbons (Fsp3) is 0.250. The van der Waals surface area contributed by atoms with Crippen molar-refractivity contribution in [2.45, 2.75) is 12.8 Å². The molecule has 0 unspecified atom stereocenters. The SMILES string of the molecule is CCOC(=O)c1cnc(-c2ncccn2)nc1CCl. The van der Waals surface area contributed by atoms with Crippen LogP contribution in [0.4, 0.5) is 0 Å². The number of aromatic nitrogens is 4. The maximum atomic E-state index is 11.7. The van der Waals surface area contributed by atoms with Crippen molar-refractivity contribution < 1.29 is 9.53 Å². The molecule has 0 aliphatic rings. The van der Waals surface area contributed by atoms with E-state index in [1.807, 2.05) is 0 Å². The van der Waals surface area contributed by atoms with Gasteiger partial charge in [-0.25, -0.2) is 24.7 Å². The monoisotopic (exact) mass is 278 g/mol. The second kappa shape index (κ2) is 6.19. The normalized spacial score (nSPS) is 10.2. The lowest BCUT2D eigenvalue weighted by Crippen LogP contribution is -2.11. The zero-order chi connectivity index (χ0) is 13.7. The standard InChI is InChI=1S/C12H11ClN4O2/c1-2-19-12(18)8-7-16-11(17-9(8)6-13)10-14-4-3-5-15-10/h3-5,7H,2,6H2,1H3. The second-order valence-electron chi connectivity index (χ2n) is 3.48. The molecule has 2 aromatic heterocycles. The number of carbonyl (C=O) groups excluding carboxylic acids is 1. The van der Waals surface area contributed by atoms with Crippen molar-refractivity contribution >= 4 is 17.6 Å². The van der Waals surface area contributed by atoms with E-state index >= 15 is 0 Å². The molecular formula is C12H11ClN4O2. The van der Waals surface area contributed by atoms with E-state index in [1.54, 1.807) is 25.4 Å². The summed E-state index contributed by atoms with van der Waals surface area (Å²) in [5.41, 5.74) is 0.661. The molecule has 0 N–H and O–H groups in total. The van der Waals surface area contributed by atoms with Crippen LogP contribution < -0.4 is 0 Å². The number of esters is 1. The first-order valence-corrected chi connectivity index (χ1v) is 6.16. The van der Waals surface area contributed by atoms with Gasteiger partial charge in [0.1, 0.15) is 5.56 Å². The maximum absolute atomic E-state index is 11.7. The summed E-state index contributed by atoms with van der Waals surface area (Å²) in [5.74, 6) is 0.295. The molecule has 6 nitrogen and oxygen atoms in total. The summed E-state index contributed by atoms with van der Waals surface area (Å²) in [6.45, 7) is 2.01. The van der Waals surface area contributed by atoms with Crippen LogP contribution in [0.2, 0.25) is 0 Å². The van der Waals surface area contributed by atoms with E-state index in [1.165, 1.54) is 6.20 Å². The molecule has 2 aromatic rings. The van der Waals surface area contributed by atoms with Gasteiger partial charge >= 0.3 is 5.97 Å². The summed E-state index contributed by atoms with van der Waals surface area (Å²) < 4.78 is 4.91. The first kappa shape index (κ1) is 13.4. The minimum Gasteiger partial charge on any atom is -0.462 e. The molecule has 98 valence electrons. The Labute approximate surface area is 114 Å². The van der Waals surface area contributed by atoms with Crippen LogP contribution in [0, 0.1) is 0 Å². The molecular weight excluding hydrogens is 268 g/mol. The molecule has 0 radical (unpaired) electrons. The quantitative estimate of drug-likeness (QED) is 0.627. The third-order valence-corrected chi connectivity index (χ3v) is 2.51. The van der Waals surface area contributed by atoms with Crippen LogP contribution >= 0.6 is 11.6 Å². The largest absolute Gasteiger partial charge is 0.462 e. The lowest BCUT2D eigenvalue weighted by Gasteiger charge is -2.06. The van der Waals surface area contributed by atoms with Gasteiger partial charge in [0, 0.05) is 18.6 Å². The predicted molar refractivity (Wildman–Crippen MR) is 68.6 cm³/mol. The molecule has 0 atom stereocenters. The predicted octanol–water partition coefficient (Wildman–Crippen LogP) is 1.85. The molecule has 0 saturated heterocycles. The summed E-state index contributed by atoms with van der Waals surface area (Å²) in [6, 6.07) is 1.69. The lowest BCUT2D eigenvalue weighted by atomic mass is 10.2. The van der Waals surface area contributed by atoms with E-state index in [0.29, 0.717) is 17.3 Å². The van der Waals surface area contributed by atoms with Crippen molar-refractivity contribution in [2.75, 3.05) is 6.61 Å². The summed E-state index contributed by atoms with van der Waals surface area (Å²) in [5, 5.41) is 0. The van der Waals surface area contributed by atoms with E-state index in [9.17, 15) is 4.79 Å². The molecule has 2 rings (SSSR count). The van der Waals surface area contributed by atoms with Crippen LogP contribution in [-0.4, -0.2) is 32.5 Å². The number of nitrogens with zero attached hydrogens (tertiary/aromatic N) is 4. The van der Waals surface area contributed by atoms with Crippen LogP contribution in [0.1, 0.15) is 23.0 Å². The number of carbonyl (C=O) groups is 1. The highest BCUT2D eigenvalue weighted by Crippen LogP contribution is 2.14. The third-order valence-electron chi connectivity index (χ3n) is 2.26. The topological polar surface area (TPSA) is 77.9 Å². The van der Waals surface area contributed by atoms with Gasteiger partial charge < -0.3 is 4.74 Å². The van der Waals surface area contributed by atoms with E-state index in [-0.39, 0.29) is 18.1 Å². The van der Waals surface area contributed by atoms with Crippen molar-refractivity contribution in [3.63, 3.8) is 0 Å². The highest BCUT2D eigenvalue weighted by Gasteiger charge is 2.16. The highest BCUT2D eigenvalue weighted by molar-refractivity contribution is 6.17. The number of halogens is 1. The van der Waals surface area contributed by atoms with Gasteiger partial charge in [-0.2, -0.15) is 0 Å². The Morgan fingerprint density at radius 2 is 2.00 bits per heavy atom. The molecule has 0 aliphatic carbocycles. The molecule has 0 amide bonds. The molecule has 0 fully saturated rings. The number of hydrogen-bond acceptors (Lipinski definition) is 6. The average molecular weight is 279 g/mol. The lowest BCUT2D eigenvalue weighted by molar-refractivity contribution is 0.0524. The van der Waals surface area contributed by atoms with Gasteiger partial charge in [-0.15, -0.1) is 11.6 Å². The van der Waals surface area contributed by atoms with Gasteiger partial charge in [0.15, 0.2) is 11.6 Å². The molecule has 0 saturated carbocycles. The van der Waals surface area contributed by atoms with Gasteiger partial charge in [0.25, 0.3) is 0 Å². The Bertz CT molecular complexity index is 577. The van der Waals surface area contributed by atoms with Crippen LogP contribution in [-0.2, 0) is 10.6 Å². The van der Waals surface area contributed by atoms with Crippen molar-refractivity contribution in [1.29, 1.82) is 0 Å². The van der Waals surface area contributed by atoms with Crippen molar-refractivity contribution in [1.82, 2.24) is 19.9 Å². The van der Waals surface area contributed by atoms with Gasteiger partial charge in [-0.1, -0.05) is 0 Å². The van der Waals surface area contributed by atoms with Gasteiger partial charge in [0.05, 0.1) is 18.2 Å². The summed E-state index contributed by atoms with van der Waals surface area (Å²) in [7, 11) is 0. The maximum Gasteiger partial charge on any atom is 0.341 e. The molecule has 0 aliphatic heterocycles. The van der Waals surface area contributed by atoms with Crippen molar-refractivity contribution in [3.05, 3.63) is 35.9 Å². The van der Waals surface area contributed by atoms with E-state index < -0.39 is 5.97 Å². The Kier molecular flexibility index (Phi) is 4.35. The molecule has 0 spiro atoms. The Morgan fingerprint density at radius 1 is 1.26 bits per heavy atom. The second-order valence-corrected chi connectivity index (χ2v) is 3.75. The summed E-state index contributed by atoms with van der Waals surface area (Å²) in [6.07, 6.45) is 4.56. The smallest absolute Gasteiger partial charge is 0.341 e. The molecule has 7 heteroatoms. The van der Waals surface area contributed by atoms with E-state index in [2.05, 4.69) is 19.9 Å². The molecule has 2 heterocycles. The number of ether oxygens (including phenoxy) is 1. The average Bonchev–Trinajstić information content (AvgIpc) is 2.47. The Morgan fingerprint density at radius 3 is 2.63 bits per heavy atom. The summed E-state index contributed by atoms with van der Waals surface area (Å²) >= 11 is 5.80. The van der Waals surface area contributed by atoms with Crippen LogP contribution in [0.5, 0.6) is 0 Å². The van der Waals surface area contributed by atoms with Crippen LogP contribution in [0.3, 0.4) is 0 Å². The van der Waals surface area contributed by atoms with Crippen molar-refractivity contribution in [3.8, 4) is 11.6 Å². The number of hydrogen-bond donors (Lipinski definition) is 0. The summed E-state index contributed by atoms with van der Waals surface area (Å²) in [4.78, 5) is 28.0. The number of rotatable bonds is 4. The zero-order valence-electron chi connectivity index (χ0n) is 10.2. The Balaban J connectivity index is 2.39. The molecule has 0 aromatic carbocycles. The fourth-order valence-electron chi connectivity index (χ4n) is 1.42.